The van der Waals surface area contributed by atoms with Crippen molar-refractivity contribution in [2.45, 2.75) is 58.4 Å². The van der Waals surface area contributed by atoms with Crippen molar-refractivity contribution in [1.82, 2.24) is 10.2 Å². The number of carbonyl (C=O) groups is 3. The van der Waals surface area contributed by atoms with Crippen molar-refractivity contribution in [3.05, 3.63) is 35.4 Å². The van der Waals surface area contributed by atoms with Crippen molar-refractivity contribution < 1.29 is 32.3 Å². The number of ether oxygens (including phenoxy) is 1. The van der Waals surface area contributed by atoms with Crippen LogP contribution in [0.5, 0.6) is 0 Å². The van der Waals surface area contributed by atoms with Gasteiger partial charge in [0.15, 0.2) is 5.78 Å². The molecule has 1 aliphatic rings. The van der Waals surface area contributed by atoms with Gasteiger partial charge in [0.1, 0.15) is 5.60 Å². The van der Waals surface area contributed by atoms with E-state index in [4.69, 9.17) is 4.74 Å². The van der Waals surface area contributed by atoms with E-state index in [2.05, 4.69) is 5.32 Å². The molecule has 9 heteroatoms. The molecule has 0 radical (unpaired) electrons. The number of nitrogens with one attached hydrogen (secondary N) is 1. The van der Waals surface area contributed by atoms with Crippen LogP contribution in [0, 0.1) is 5.92 Å². The summed E-state index contributed by atoms with van der Waals surface area (Å²) in [5, 5.41) is 2.37. The minimum absolute atomic E-state index is 0.0644. The molecule has 2 amide bonds. The molecule has 0 bridgehead atoms. The molecule has 0 aliphatic carbocycles. The van der Waals surface area contributed by atoms with Crippen LogP contribution in [0.3, 0.4) is 0 Å². The molecule has 1 N–H and O–H groups in total. The standard InChI is InChI=1S/C21H27F3N2O4/c1-13-8-14(12-26(13)19(29)30-20(2,3)4)9-17(27)11-25-18(28)15-6-5-7-16(10-15)21(22,23)24/h5-7,10,13-14H,8-9,11-12H2,1-4H3,(H,25,28)/t13-,14-/m0/s1. The van der Waals surface area contributed by atoms with E-state index in [1.807, 2.05) is 6.92 Å². The Labute approximate surface area is 173 Å². The smallest absolute Gasteiger partial charge is 0.416 e. The van der Waals surface area contributed by atoms with Crippen LogP contribution >= 0.6 is 0 Å². The minimum atomic E-state index is -4.55. The van der Waals surface area contributed by atoms with Crippen molar-refractivity contribution in [2.24, 2.45) is 5.92 Å². The van der Waals surface area contributed by atoms with Gasteiger partial charge in [-0.2, -0.15) is 13.2 Å². The summed E-state index contributed by atoms with van der Waals surface area (Å²) in [6, 6.07) is 3.95. The largest absolute Gasteiger partial charge is 0.444 e. The van der Waals surface area contributed by atoms with Gasteiger partial charge >= 0.3 is 12.3 Å². The number of benzene rings is 1. The molecule has 1 saturated heterocycles. The first kappa shape index (κ1) is 23.7. The van der Waals surface area contributed by atoms with Gasteiger partial charge in [-0.1, -0.05) is 6.07 Å². The fraction of sp³-hybridized carbons (Fsp3) is 0.571. The van der Waals surface area contributed by atoms with E-state index in [9.17, 15) is 27.6 Å². The zero-order chi connectivity index (χ0) is 22.7. The number of hydrogen-bond donors (Lipinski definition) is 1. The molecule has 1 aliphatic heterocycles. The van der Waals surface area contributed by atoms with Crippen LogP contribution in [0.1, 0.15) is 56.5 Å². The van der Waals surface area contributed by atoms with E-state index < -0.39 is 29.3 Å². The van der Waals surface area contributed by atoms with Crippen LogP contribution in [0.2, 0.25) is 0 Å². The van der Waals surface area contributed by atoms with Crippen LogP contribution in [0.15, 0.2) is 24.3 Å². The molecular weight excluding hydrogens is 401 g/mol. The van der Waals surface area contributed by atoms with Gasteiger partial charge in [-0.25, -0.2) is 4.79 Å². The fourth-order valence-corrected chi connectivity index (χ4v) is 3.38. The predicted octanol–water partition coefficient (Wildman–Crippen LogP) is 4.04. The molecule has 0 unspecified atom stereocenters. The van der Waals surface area contributed by atoms with Crippen molar-refractivity contribution >= 4 is 17.8 Å². The molecule has 0 spiro atoms. The SMILES string of the molecule is C[C@H]1C[C@@H](CC(=O)CNC(=O)c2cccc(C(F)(F)F)c2)CN1C(=O)OC(C)(C)C. The highest BCUT2D eigenvalue weighted by atomic mass is 19.4. The summed E-state index contributed by atoms with van der Waals surface area (Å²) >= 11 is 0. The number of ketones is 1. The summed E-state index contributed by atoms with van der Waals surface area (Å²) < 4.78 is 43.7. The number of likely N-dealkylation sites (tertiary alicyclic amines) is 1. The summed E-state index contributed by atoms with van der Waals surface area (Å²) in [7, 11) is 0. The molecule has 166 valence electrons. The average Bonchev–Trinajstić information content (AvgIpc) is 2.98. The number of halogens is 3. The first-order valence-corrected chi connectivity index (χ1v) is 9.73. The van der Waals surface area contributed by atoms with Crippen molar-refractivity contribution in [1.29, 1.82) is 0 Å². The fourth-order valence-electron chi connectivity index (χ4n) is 3.38. The van der Waals surface area contributed by atoms with E-state index in [-0.39, 0.29) is 36.3 Å². The lowest BCUT2D eigenvalue weighted by atomic mass is 9.99. The summed E-state index contributed by atoms with van der Waals surface area (Å²) in [6.07, 6.45) is -4.19. The van der Waals surface area contributed by atoms with Gasteiger partial charge in [-0.15, -0.1) is 0 Å². The van der Waals surface area contributed by atoms with E-state index in [1.165, 1.54) is 6.07 Å². The molecule has 6 nitrogen and oxygen atoms in total. The molecule has 1 heterocycles. The number of Topliss-reactive ketones (excluding diaryl/α,β-unsaturated/α-hetero) is 1. The average molecular weight is 428 g/mol. The number of rotatable bonds is 5. The van der Waals surface area contributed by atoms with Gasteiger partial charge in [0.25, 0.3) is 5.91 Å². The van der Waals surface area contributed by atoms with Crippen molar-refractivity contribution in [2.75, 3.05) is 13.1 Å². The summed E-state index contributed by atoms with van der Waals surface area (Å²) in [5.74, 6) is -1.06. The molecule has 1 aromatic rings. The number of alkyl halides is 3. The molecule has 1 fully saturated rings. The van der Waals surface area contributed by atoms with E-state index in [0.29, 0.717) is 13.0 Å². The van der Waals surface area contributed by atoms with E-state index in [1.54, 1.807) is 25.7 Å². The third-order valence-corrected chi connectivity index (χ3v) is 4.70. The maximum absolute atomic E-state index is 12.8. The van der Waals surface area contributed by atoms with E-state index >= 15 is 0 Å². The maximum Gasteiger partial charge on any atom is 0.416 e. The summed E-state index contributed by atoms with van der Waals surface area (Å²) in [4.78, 5) is 38.2. The van der Waals surface area contributed by atoms with Gasteiger partial charge in [0.05, 0.1) is 12.1 Å². The molecular formula is C21H27F3N2O4. The Morgan fingerprint density at radius 3 is 2.47 bits per heavy atom. The highest BCUT2D eigenvalue weighted by Gasteiger charge is 2.36. The lowest BCUT2D eigenvalue weighted by Crippen LogP contribution is -2.39. The number of nitrogens with zero attached hydrogens (tertiary/aromatic N) is 1. The predicted molar refractivity (Wildman–Crippen MR) is 104 cm³/mol. The monoisotopic (exact) mass is 428 g/mol. The highest BCUT2D eigenvalue weighted by Crippen LogP contribution is 2.30. The molecule has 2 atom stereocenters. The number of carbonyl (C=O) groups excluding carboxylic acids is 3. The van der Waals surface area contributed by atoms with Crippen LogP contribution < -0.4 is 5.32 Å². The zero-order valence-electron chi connectivity index (χ0n) is 17.5. The van der Waals surface area contributed by atoms with Crippen molar-refractivity contribution in [3.8, 4) is 0 Å². The second kappa shape index (κ2) is 9.06. The molecule has 0 aromatic heterocycles. The first-order valence-electron chi connectivity index (χ1n) is 9.73. The maximum atomic E-state index is 12.8. The lowest BCUT2D eigenvalue weighted by Gasteiger charge is -2.27. The molecule has 30 heavy (non-hydrogen) atoms. The normalized spacial score (nSPS) is 19.5. The van der Waals surface area contributed by atoms with Gasteiger partial charge < -0.3 is 15.0 Å². The topological polar surface area (TPSA) is 75.7 Å². The van der Waals surface area contributed by atoms with Gasteiger partial charge in [-0.05, 0) is 58.2 Å². The Balaban J connectivity index is 1.85. The zero-order valence-corrected chi connectivity index (χ0v) is 17.5. The third kappa shape index (κ3) is 6.74. The van der Waals surface area contributed by atoms with Gasteiger partial charge in [-0.3, -0.25) is 9.59 Å². The van der Waals surface area contributed by atoms with Crippen LogP contribution in [-0.4, -0.2) is 47.4 Å². The Hall–Kier alpha value is -2.58. The summed E-state index contributed by atoms with van der Waals surface area (Å²) in [6.45, 7) is 7.30. The van der Waals surface area contributed by atoms with Crippen LogP contribution in [-0.2, 0) is 15.7 Å². The minimum Gasteiger partial charge on any atom is -0.444 e. The number of amides is 2. The van der Waals surface area contributed by atoms with Crippen molar-refractivity contribution in [3.63, 3.8) is 0 Å². The quantitative estimate of drug-likeness (QED) is 0.768. The Morgan fingerprint density at radius 2 is 1.87 bits per heavy atom. The second-order valence-corrected chi connectivity index (χ2v) is 8.59. The molecule has 0 saturated carbocycles. The molecule has 2 rings (SSSR count). The third-order valence-electron chi connectivity index (χ3n) is 4.70. The Morgan fingerprint density at radius 1 is 1.20 bits per heavy atom. The lowest BCUT2D eigenvalue weighted by molar-refractivity contribution is -0.137. The summed E-state index contributed by atoms with van der Waals surface area (Å²) in [5.41, 5.74) is -1.70. The second-order valence-electron chi connectivity index (χ2n) is 8.59. The Kier molecular flexibility index (Phi) is 7.15. The Bertz CT molecular complexity index is 802. The highest BCUT2D eigenvalue weighted by molar-refractivity contribution is 5.96. The first-order chi connectivity index (χ1) is 13.8. The molecule has 1 aromatic carbocycles. The van der Waals surface area contributed by atoms with Crippen LogP contribution in [0.25, 0.3) is 0 Å². The van der Waals surface area contributed by atoms with E-state index in [0.717, 1.165) is 18.2 Å². The van der Waals surface area contributed by atoms with Gasteiger partial charge in [0, 0.05) is 24.6 Å². The van der Waals surface area contributed by atoms with Crippen LogP contribution in [0.4, 0.5) is 18.0 Å². The number of hydrogen-bond acceptors (Lipinski definition) is 4. The van der Waals surface area contributed by atoms with Gasteiger partial charge in [0.2, 0.25) is 0 Å².